The van der Waals surface area contributed by atoms with Crippen LogP contribution in [0.1, 0.15) is 11.1 Å². The molecule has 0 saturated heterocycles. The normalized spacial score (nSPS) is 10.4. The first-order valence-electron chi connectivity index (χ1n) is 6.46. The molecular formula is C14H15BFNO5. The number of pyridine rings is 1. The highest BCUT2D eigenvalue weighted by atomic mass is 19.1. The molecule has 0 bridgehead atoms. The molecule has 2 aromatic rings. The lowest BCUT2D eigenvalue weighted by molar-refractivity contribution is 0.106. The van der Waals surface area contributed by atoms with E-state index in [0.717, 1.165) is 11.3 Å². The predicted octanol–water partition coefficient (Wildman–Crippen LogP) is 1.29. The molecule has 1 heterocycles. The molecule has 0 aliphatic carbocycles. The summed E-state index contributed by atoms with van der Waals surface area (Å²) in [5, 5.41) is 17.4. The summed E-state index contributed by atoms with van der Waals surface area (Å²) in [4.78, 5) is 3.47. The van der Waals surface area contributed by atoms with Gasteiger partial charge in [0.2, 0.25) is 0 Å². The molecular weight excluding hydrogens is 292 g/mol. The standard InChI is InChI=1S/C14H15BFNO5/c1-20-12-4-2-10(3-5-12)8-21-9-11-6-13(22-15(18)19)14(16)17-7-11/h2-7,18-19H,8-9H2,1H3. The molecule has 0 amide bonds. The van der Waals surface area contributed by atoms with Crippen molar-refractivity contribution in [2.45, 2.75) is 13.2 Å². The highest BCUT2D eigenvalue weighted by Gasteiger charge is 2.16. The summed E-state index contributed by atoms with van der Waals surface area (Å²) in [5.41, 5.74) is 1.50. The van der Waals surface area contributed by atoms with Gasteiger partial charge in [0, 0.05) is 6.20 Å². The minimum absolute atomic E-state index is 0.178. The summed E-state index contributed by atoms with van der Waals surface area (Å²) in [7, 11) is -0.512. The fraction of sp³-hybridized carbons (Fsp3) is 0.214. The van der Waals surface area contributed by atoms with Crippen molar-refractivity contribution < 1.29 is 28.6 Å². The van der Waals surface area contributed by atoms with E-state index in [0.29, 0.717) is 12.2 Å². The quantitative estimate of drug-likeness (QED) is 0.593. The van der Waals surface area contributed by atoms with E-state index in [4.69, 9.17) is 19.5 Å². The van der Waals surface area contributed by atoms with Crippen molar-refractivity contribution in [2.24, 2.45) is 0 Å². The molecule has 0 atom stereocenters. The van der Waals surface area contributed by atoms with Crippen LogP contribution in [0, 0.1) is 5.95 Å². The Kier molecular flexibility index (Phi) is 5.71. The first kappa shape index (κ1) is 16.2. The van der Waals surface area contributed by atoms with E-state index >= 15 is 0 Å². The van der Waals surface area contributed by atoms with Gasteiger partial charge in [-0.25, -0.2) is 4.98 Å². The summed E-state index contributed by atoms with van der Waals surface area (Å²) in [5.74, 6) is -0.511. The summed E-state index contributed by atoms with van der Waals surface area (Å²) in [6.45, 7) is 0.539. The van der Waals surface area contributed by atoms with Gasteiger partial charge in [-0.1, -0.05) is 12.1 Å². The lowest BCUT2D eigenvalue weighted by Gasteiger charge is -2.09. The van der Waals surface area contributed by atoms with Gasteiger partial charge in [-0.2, -0.15) is 4.39 Å². The topological polar surface area (TPSA) is 81.0 Å². The molecule has 22 heavy (non-hydrogen) atoms. The minimum Gasteiger partial charge on any atom is -0.508 e. The number of aromatic nitrogens is 1. The van der Waals surface area contributed by atoms with Crippen molar-refractivity contribution in [3.8, 4) is 11.5 Å². The van der Waals surface area contributed by atoms with Crippen LogP contribution in [0.15, 0.2) is 36.5 Å². The second kappa shape index (κ2) is 7.74. The highest BCUT2D eigenvalue weighted by molar-refractivity contribution is 6.33. The molecule has 0 spiro atoms. The first-order valence-corrected chi connectivity index (χ1v) is 6.46. The number of hydrogen-bond donors (Lipinski definition) is 2. The van der Waals surface area contributed by atoms with Gasteiger partial charge in [0.1, 0.15) is 5.75 Å². The highest BCUT2D eigenvalue weighted by Crippen LogP contribution is 2.18. The van der Waals surface area contributed by atoms with Crippen molar-refractivity contribution in [1.29, 1.82) is 0 Å². The van der Waals surface area contributed by atoms with Crippen LogP contribution in [0.4, 0.5) is 4.39 Å². The van der Waals surface area contributed by atoms with Crippen molar-refractivity contribution >= 4 is 7.32 Å². The van der Waals surface area contributed by atoms with Crippen molar-refractivity contribution in [2.75, 3.05) is 7.11 Å². The SMILES string of the molecule is COc1ccc(COCc2cnc(F)c(OB(O)O)c2)cc1. The molecule has 0 unspecified atom stereocenters. The van der Waals surface area contributed by atoms with Gasteiger partial charge in [-0.05, 0) is 29.3 Å². The number of halogens is 1. The van der Waals surface area contributed by atoms with Gasteiger partial charge in [0.05, 0.1) is 20.3 Å². The number of benzene rings is 1. The van der Waals surface area contributed by atoms with Crippen LogP contribution in [0.3, 0.4) is 0 Å². The van der Waals surface area contributed by atoms with Gasteiger partial charge in [0.15, 0.2) is 5.75 Å². The second-order valence-electron chi connectivity index (χ2n) is 4.42. The van der Waals surface area contributed by atoms with Crippen molar-refractivity contribution in [3.05, 3.63) is 53.6 Å². The van der Waals surface area contributed by atoms with Gasteiger partial charge < -0.3 is 24.2 Å². The van der Waals surface area contributed by atoms with E-state index < -0.39 is 13.3 Å². The van der Waals surface area contributed by atoms with E-state index in [1.165, 1.54) is 12.3 Å². The summed E-state index contributed by atoms with van der Waals surface area (Å²) in [6, 6.07) is 8.70. The summed E-state index contributed by atoms with van der Waals surface area (Å²) < 4.78 is 28.3. The summed E-state index contributed by atoms with van der Waals surface area (Å²) >= 11 is 0. The predicted molar refractivity (Wildman–Crippen MR) is 76.5 cm³/mol. The van der Waals surface area contributed by atoms with Crippen LogP contribution in [-0.2, 0) is 18.0 Å². The molecule has 0 saturated carbocycles. The lowest BCUT2D eigenvalue weighted by Crippen LogP contribution is -2.21. The van der Waals surface area contributed by atoms with E-state index in [-0.39, 0.29) is 12.4 Å². The first-order chi connectivity index (χ1) is 10.6. The molecule has 0 fully saturated rings. The zero-order valence-corrected chi connectivity index (χ0v) is 11.9. The van der Waals surface area contributed by atoms with Crippen LogP contribution >= 0.6 is 0 Å². The Hall–Kier alpha value is -2.16. The van der Waals surface area contributed by atoms with E-state index in [1.54, 1.807) is 7.11 Å². The molecule has 0 aliphatic heterocycles. The third-order valence-corrected chi connectivity index (χ3v) is 2.79. The maximum atomic E-state index is 13.3. The molecule has 116 valence electrons. The fourth-order valence-corrected chi connectivity index (χ4v) is 1.75. The number of ether oxygens (including phenoxy) is 2. The second-order valence-corrected chi connectivity index (χ2v) is 4.42. The molecule has 6 nitrogen and oxygen atoms in total. The van der Waals surface area contributed by atoms with E-state index in [1.807, 2.05) is 24.3 Å². The average molecular weight is 307 g/mol. The van der Waals surface area contributed by atoms with Crippen molar-refractivity contribution in [1.82, 2.24) is 4.98 Å². The Bertz CT molecular complexity index is 609. The minimum atomic E-state index is -2.10. The van der Waals surface area contributed by atoms with Crippen molar-refractivity contribution in [3.63, 3.8) is 0 Å². The third-order valence-electron chi connectivity index (χ3n) is 2.79. The van der Waals surface area contributed by atoms with Gasteiger partial charge in [0.25, 0.3) is 5.95 Å². The van der Waals surface area contributed by atoms with Crippen LogP contribution in [0.5, 0.6) is 11.5 Å². The third kappa shape index (κ3) is 4.69. The Morgan fingerprint density at radius 3 is 2.45 bits per heavy atom. The molecule has 1 aromatic heterocycles. The number of methoxy groups -OCH3 is 1. The number of hydrogen-bond acceptors (Lipinski definition) is 6. The van der Waals surface area contributed by atoms with E-state index in [9.17, 15) is 4.39 Å². The molecule has 0 aliphatic rings. The van der Waals surface area contributed by atoms with E-state index in [2.05, 4.69) is 9.64 Å². The molecule has 2 N–H and O–H groups in total. The zero-order chi connectivity index (χ0) is 15.9. The smallest absolute Gasteiger partial charge is 0.508 e. The maximum absolute atomic E-state index is 13.3. The van der Waals surface area contributed by atoms with Gasteiger partial charge >= 0.3 is 7.32 Å². The Labute approximate surface area is 127 Å². The zero-order valence-electron chi connectivity index (χ0n) is 11.9. The summed E-state index contributed by atoms with van der Waals surface area (Å²) in [6.07, 6.45) is 1.29. The van der Waals surface area contributed by atoms with Crippen LogP contribution < -0.4 is 9.39 Å². The maximum Gasteiger partial charge on any atom is 0.707 e. The van der Waals surface area contributed by atoms with Gasteiger partial charge in [-0.3, -0.25) is 0 Å². The Morgan fingerprint density at radius 2 is 1.82 bits per heavy atom. The average Bonchev–Trinajstić information content (AvgIpc) is 2.50. The molecule has 2 rings (SSSR count). The van der Waals surface area contributed by atoms with Gasteiger partial charge in [-0.15, -0.1) is 0 Å². The van der Waals surface area contributed by atoms with Crippen LogP contribution in [0.2, 0.25) is 0 Å². The Morgan fingerprint density at radius 1 is 1.14 bits per heavy atom. The van der Waals surface area contributed by atoms with Crippen LogP contribution in [-0.4, -0.2) is 29.5 Å². The van der Waals surface area contributed by atoms with Crippen LogP contribution in [0.25, 0.3) is 0 Å². The number of rotatable bonds is 7. The lowest BCUT2D eigenvalue weighted by atomic mass is 10.2. The largest absolute Gasteiger partial charge is 0.707 e. The molecule has 0 radical (unpaired) electrons. The number of nitrogens with zero attached hydrogens (tertiary/aromatic N) is 1. The molecule has 1 aromatic carbocycles. The monoisotopic (exact) mass is 307 g/mol. The fourth-order valence-electron chi connectivity index (χ4n) is 1.75. The molecule has 8 heteroatoms. The Balaban J connectivity index is 1.90.